The number of nitrogens with zero attached hydrogens (tertiary/aromatic N) is 1. The lowest BCUT2D eigenvalue weighted by atomic mass is 9.93. The number of hydrogen-bond donors (Lipinski definition) is 4. The molecule has 1 aliphatic heterocycles. The first-order valence-corrected chi connectivity index (χ1v) is 15.5. The number of ether oxygens (including phenoxy) is 1. The molecule has 4 amide bonds. The minimum Gasteiger partial charge on any atom is -0.434 e. The van der Waals surface area contributed by atoms with Gasteiger partial charge in [0.2, 0.25) is 11.8 Å². The Hall–Kier alpha value is -4.84. The summed E-state index contributed by atoms with van der Waals surface area (Å²) in [6, 6.07) is 19.2. The predicted molar refractivity (Wildman–Crippen MR) is 171 cm³/mol. The molecule has 1 heterocycles. The maximum Gasteiger partial charge on any atom is 0.415 e. The van der Waals surface area contributed by atoms with E-state index in [1.165, 1.54) is 13.0 Å². The Morgan fingerprint density at radius 1 is 0.894 bits per heavy atom. The molecule has 0 aromatic heterocycles. The molecule has 0 bridgehead atoms. The van der Waals surface area contributed by atoms with Crippen LogP contribution in [0.5, 0.6) is 0 Å². The van der Waals surface area contributed by atoms with E-state index < -0.39 is 59.9 Å². The van der Waals surface area contributed by atoms with Crippen molar-refractivity contribution in [2.24, 2.45) is 5.92 Å². The molecule has 0 unspecified atom stereocenters. The molecule has 1 saturated heterocycles. The molecule has 1 fully saturated rings. The Kier molecular flexibility index (Phi) is 12.0. The zero-order valence-electron chi connectivity index (χ0n) is 26.5. The lowest BCUT2D eigenvalue weighted by Gasteiger charge is -2.30. The summed E-state index contributed by atoms with van der Waals surface area (Å²) < 4.78 is 32.6. The summed E-state index contributed by atoms with van der Waals surface area (Å²) >= 11 is 0. The molecular weight excluding hydrogens is 610 g/mol. The van der Waals surface area contributed by atoms with Gasteiger partial charge in [-0.3, -0.25) is 19.3 Å². The van der Waals surface area contributed by atoms with Crippen LogP contribution in [0.25, 0.3) is 0 Å². The monoisotopic (exact) mass is 650 g/mol. The third-order valence-electron chi connectivity index (χ3n) is 7.91. The van der Waals surface area contributed by atoms with Crippen molar-refractivity contribution in [3.8, 4) is 0 Å². The van der Waals surface area contributed by atoms with Gasteiger partial charge in [0.15, 0.2) is 17.7 Å². The number of rotatable bonds is 14. The van der Waals surface area contributed by atoms with Crippen molar-refractivity contribution in [2.45, 2.75) is 70.4 Å². The molecule has 1 aliphatic rings. The van der Waals surface area contributed by atoms with Gasteiger partial charge in [0.25, 0.3) is 5.91 Å². The van der Waals surface area contributed by atoms with Crippen molar-refractivity contribution in [1.82, 2.24) is 16.0 Å². The van der Waals surface area contributed by atoms with E-state index in [0.717, 1.165) is 28.2 Å². The van der Waals surface area contributed by atoms with Crippen LogP contribution in [-0.4, -0.2) is 65.8 Å². The van der Waals surface area contributed by atoms with Crippen LogP contribution in [0, 0.1) is 17.6 Å². The number of nitrogens with one attached hydrogen (secondary N) is 3. The van der Waals surface area contributed by atoms with Crippen LogP contribution in [0.4, 0.5) is 19.3 Å². The van der Waals surface area contributed by atoms with E-state index in [4.69, 9.17) is 4.74 Å². The summed E-state index contributed by atoms with van der Waals surface area (Å²) in [5.74, 6) is -3.86. The second kappa shape index (κ2) is 16.1. The maximum atomic E-state index is 13.8. The molecule has 0 aliphatic carbocycles. The minimum atomic E-state index is -1.29. The van der Waals surface area contributed by atoms with E-state index in [0.29, 0.717) is 6.42 Å². The van der Waals surface area contributed by atoms with Crippen LogP contribution < -0.4 is 20.9 Å². The molecule has 12 heteroatoms. The zero-order chi connectivity index (χ0) is 34.1. The predicted octanol–water partition coefficient (Wildman–Crippen LogP) is 3.66. The fraction of sp³-hybridized carbons (Fsp3) is 0.371. The quantitative estimate of drug-likeness (QED) is 0.210. The van der Waals surface area contributed by atoms with Crippen molar-refractivity contribution in [2.75, 3.05) is 11.4 Å². The minimum absolute atomic E-state index is 0.0310. The highest BCUT2D eigenvalue weighted by Gasteiger charge is 2.39. The number of cyclic esters (lactones) is 1. The SMILES string of the molecule is CC(=O)N[C@H](C(=O)N[C@@H](Cc1ccccc1)C[C@H](O)[C@H](Cc1ccccc1)NC(=O)[C@@H]1CN(c2ccc(F)c(F)c2)C(=O)O1)C(C)C. The largest absolute Gasteiger partial charge is 0.434 e. The first-order valence-electron chi connectivity index (χ1n) is 15.5. The van der Waals surface area contributed by atoms with Crippen LogP contribution in [0.15, 0.2) is 78.9 Å². The summed E-state index contributed by atoms with van der Waals surface area (Å²) in [6.45, 7) is 4.71. The van der Waals surface area contributed by atoms with Gasteiger partial charge in [-0.25, -0.2) is 13.6 Å². The molecule has 250 valence electrons. The Morgan fingerprint density at radius 2 is 1.51 bits per heavy atom. The molecule has 4 N–H and O–H groups in total. The van der Waals surface area contributed by atoms with E-state index >= 15 is 0 Å². The fourth-order valence-corrected chi connectivity index (χ4v) is 5.48. The van der Waals surface area contributed by atoms with Gasteiger partial charge in [-0.15, -0.1) is 0 Å². The molecule has 3 aromatic carbocycles. The molecular formula is C35H40F2N4O6. The van der Waals surface area contributed by atoms with Gasteiger partial charge in [-0.1, -0.05) is 74.5 Å². The van der Waals surface area contributed by atoms with Crippen LogP contribution in [0.3, 0.4) is 0 Å². The van der Waals surface area contributed by atoms with E-state index in [1.54, 1.807) is 0 Å². The summed E-state index contributed by atoms with van der Waals surface area (Å²) in [4.78, 5) is 52.2. The first-order chi connectivity index (χ1) is 22.4. The molecule has 0 radical (unpaired) electrons. The molecule has 5 atom stereocenters. The third kappa shape index (κ3) is 9.82. The standard InChI is InChI=1S/C35H40F2N4O6/c1-21(2)32(38-22(3)42)34(45)39-25(16-23-10-6-4-7-11-23)18-30(43)29(17-24-12-8-5-9-13-24)40-33(44)31-20-41(35(46)47-31)26-14-15-27(36)28(37)19-26/h4-15,19,21,25,29-32,43H,16-18,20H2,1-3H3,(H,38,42)(H,39,45)(H,40,44)/t25-,29-,30-,31-,32-/m0/s1. The Bertz CT molecular complexity index is 1540. The number of anilines is 1. The van der Waals surface area contributed by atoms with Crippen molar-refractivity contribution in [3.05, 3.63) is 102 Å². The number of carbonyl (C=O) groups excluding carboxylic acids is 4. The third-order valence-corrected chi connectivity index (χ3v) is 7.91. The number of hydrogen-bond acceptors (Lipinski definition) is 6. The number of aliphatic hydroxyl groups is 1. The Labute approximate surface area is 272 Å². The Balaban J connectivity index is 1.53. The van der Waals surface area contributed by atoms with Crippen molar-refractivity contribution < 1.29 is 37.8 Å². The van der Waals surface area contributed by atoms with E-state index in [1.807, 2.05) is 74.5 Å². The summed E-state index contributed by atoms with van der Waals surface area (Å²) in [6.07, 6.45) is -2.75. The number of halogens is 2. The number of aliphatic hydroxyl groups excluding tert-OH is 1. The summed E-state index contributed by atoms with van der Waals surface area (Å²) in [5, 5.41) is 20.1. The molecule has 0 spiro atoms. The first kappa shape index (κ1) is 35.0. The average molecular weight is 651 g/mol. The van der Waals surface area contributed by atoms with Crippen molar-refractivity contribution in [1.29, 1.82) is 0 Å². The summed E-state index contributed by atoms with van der Waals surface area (Å²) in [7, 11) is 0. The zero-order valence-corrected chi connectivity index (χ0v) is 26.5. The number of carbonyl (C=O) groups is 4. The van der Waals surface area contributed by atoms with Gasteiger partial charge < -0.3 is 25.8 Å². The highest BCUT2D eigenvalue weighted by atomic mass is 19.2. The molecule has 4 rings (SSSR count). The van der Waals surface area contributed by atoms with Crippen molar-refractivity contribution in [3.63, 3.8) is 0 Å². The molecule has 10 nitrogen and oxygen atoms in total. The van der Waals surface area contributed by atoms with Crippen molar-refractivity contribution >= 4 is 29.5 Å². The fourth-order valence-electron chi connectivity index (χ4n) is 5.48. The number of benzene rings is 3. The Morgan fingerprint density at radius 3 is 2.09 bits per heavy atom. The lowest BCUT2D eigenvalue weighted by molar-refractivity contribution is -0.130. The second-order valence-corrected chi connectivity index (χ2v) is 12.0. The van der Waals surface area contributed by atoms with E-state index in [-0.39, 0.29) is 36.9 Å². The number of amides is 4. The highest BCUT2D eigenvalue weighted by Crippen LogP contribution is 2.24. The van der Waals surface area contributed by atoms with E-state index in [2.05, 4.69) is 16.0 Å². The topological polar surface area (TPSA) is 137 Å². The van der Waals surface area contributed by atoms with E-state index in [9.17, 15) is 33.1 Å². The van der Waals surface area contributed by atoms with Gasteiger partial charge in [0, 0.05) is 19.0 Å². The summed E-state index contributed by atoms with van der Waals surface area (Å²) in [5.41, 5.74) is 1.76. The van der Waals surface area contributed by atoms with Crippen LogP contribution in [0.2, 0.25) is 0 Å². The lowest BCUT2D eigenvalue weighted by Crippen LogP contribution is -2.54. The maximum absolute atomic E-state index is 13.8. The molecule has 0 saturated carbocycles. The van der Waals surface area contributed by atoms with Gasteiger partial charge in [0.1, 0.15) is 6.04 Å². The normalized spacial score (nSPS) is 17.0. The van der Waals surface area contributed by atoms with Gasteiger partial charge in [-0.05, 0) is 48.4 Å². The smallest absolute Gasteiger partial charge is 0.415 e. The highest BCUT2D eigenvalue weighted by molar-refractivity contribution is 5.95. The average Bonchev–Trinajstić information content (AvgIpc) is 3.43. The van der Waals surface area contributed by atoms with Gasteiger partial charge >= 0.3 is 6.09 Å². The molecule has 47 heavy (non-hydrogen) atoms. The second-order valence-electron chi connectivity index (χ2n) is 12.0. The molecule has 3 aromatic rings. The van der Waals surface area contributed by atoms with Gasteiger partial charge in [-0.2, -0.15) is 0 Å². The van der Waals surface area contributed by atoms with Gasteiger partial charge in [0.05, 0.1) is 24.4 Å². The van der Waals surface area contributed by atoms with Crippen LogP contribution in [-0.2, 0) is 32.0 Å². The van der Waals surface area contributed by atoms with Crippen LogP contribution in [0.1, 0.15) is 38.3 Å². The van der Waals surface area contributed by atoms with Crippen LogP contribution >= 0.6 is 0 Å².